The van der Waals surface area contributed by atoms with Crippen LogP contribution in [0.25, 0.3) is 0 Å². The monoisotopic (exact) mass is 212 g/mol. The molecule has 3 heteroatoms. The highest BCUT2D eigenvalue weighted by molar-refractivity contribution is 5.23. The topological polar surface area (TPSA) is 29.0 Å². The lowest BCUT2D eigenvalue weighted by Crippen LogP contribution is -2.23. The van der Waals surface area contributed by atoms with Gasteiger partial charge in [0.05, 0.1) is 6.04 Å². The van der Waals surface area contributed by atoms with E-state index >= 15 is 0 Å². The molecule has 1 atom stereocenters. The van der Waals surface area contributed by atoms with Gasteiger partial charge < -0.3 is 0 Å². The summed E-state index contributed by atoms with van der Waals surface area (Å²) >= 11 is 0. The van der Waals surface area contributed by atoms with Gasteiger partial charge in [0, 0.05) is 12.4 Å². The molecule has 1 unspecified atom stereocenters. The van der Waals surface area contributed by atoms with Gasteiger partial charge in [-0.1, -0.05) is 24.3 Å². The van der Waals surface area contributed by atoms with Crippen molar-refractivity contribution in [1.29, 1.82) is 0 Å². The van der Waals surface area contributed by atoms with E-state index in [0.717, 1.165) is 11.4 Å². The Labute approximate surface area is 95.8 Å². The first-order chi connectivity index (χ1) is 7.79. The molecule has 0 aliphatic carbocycles. The van der Waals surface area contributed by atoms with Gasteiger partial charge in [-0.2, -0.15) is 0 Å². The van der Waals surface area contributed by atoms with E-state index in [2.05, 4.69) is 20.9 Å². The smallest absolute Gasteiger partial charge is 0.149 e. The van der Waals surface area contributed by atoms with E-state index in [9.17, 15) is 0 Å². The maximum Gasteiger partial charge on any atom is 0.149 e. The number of rotatable bonds is 3. The molecule has 81 valence electrons. The fraction of sp³-hybridized carbons (Fsp3) is 0.231. The molecule has 0 saturated carbocycles. The predicted molar refractivity (Wildman–Crippen MR) is 62.8 cm³/mol. The van der Waals surface area contributed by atoms with Crippen molar-refractivity contribution >= 4 is 0 Å². The van der Waals surface area contributed by atoms with Crippen molar-refractivity contribution in [2.75, 3.05) is 14.1 Å². The lowest BCUT2D eigenvalue weighted by atomic mass is 10.1. The highest BCUT2D eigenvalue weighted by Gasteiger charge is 2.18. The predicted octanol–water partition coefficient (Wildman–Crippen LogP) is 1.93. The van der Waals surface area contributed by atoms with Crippen molar-refractivity contribution in [2.45, 2.75) is 6.04 Å². The van der Waals surface area contributed by atoms with Crippen LogP contribution in [-0.2, 0) is 0 Å². The van der Waals surface area contributed by atoms with Crippen molar-refractivity contribution in [3.8, 4) is 0 Å². The van der Waals surface area contributed by atoms with Crippen molar-refractivity contribution in [3.05, 3.63) is 60.2 Å². The zero-order valence-corrected chi connectivity index (χ0v) is 9.46. The quantitative estimate of drug-likeness (QED) is 0.778. The van der Waals surface area contributed by atoms with E-state index in [1.807, 2.05) is 44.4 Å². The highest BCUT2D eigenvalue weighted by atomic mass is 15.1. The summed E-state index contributed by atoms with van der Waals surface area (Å²) in [6.45, 7) is 0. The van der Waals surface area contributed by atoms with Gasteiger partial charge in [-0.25, -0.2) is 9.97 Å². The van der Waals surface area contributed by atoms with E-state index < -0.39 is 0 Å². The van der Waals surface area contributed by atoms with Crippen LogP contribution in [0.4, 0.5) is 0 Å². The molecule has 2 rings (SSSR count). The first-order valence-electron chi connectivity index (χ1n) is 5.19. The summed E-state index contributed by atoms with van der Waals surface area (Å²) < 4.78 is 0. The van der Waals surface area contributed by atoms with Crippen LogP contribution in [0.5, 0.6) is 0 Å². The molecule has 0 saturated heterocycles. The Morgan fingerprint density at radius 3 is 2.44 bits per heavy atom. The van der Waals surface area contributed by atoms with Crippen LogP contribution < -0.4 is 0 Å². The Kier molecular flexibility index (Phi) is 3.27. The third-order valence-electron chi connectivity index (χ3n) is 2.37. The number of nitrogens with zero attached hydrogens (tertiary/aromatic N) is 3. The number of hydrogen-bond acceptors (Lipinski definition) is 3. The van der Waals surface area contributed by atoms with E-state index in [4.69, 9.17) is 0 Å². The number of benzene rings is 1. The molecule has 0 fully saturated rings. The van der Waals surface area contributed by atoms with E-state index in [1.165, 1.54) is 0 Å². The molecule has 1 aromatic carbocycles. The normalized spacial score (nSPS) is 12.7. The summed E-state index contributed by atoms with van der Waals surface area (Å²) in [5.74, 6) is 0.801. The number of aromatic nitrogens is 2. The third-order valence-corrected chi connectivity index (χ3v) is 2.37. The van der Waals surface area contributed by atoms with Gasteiger partial charge in [0.25, 0.3) is 0 Å². The summed E-state index contributed by atoms with van der Waals surface area (Å²) in [6, 6.07) is 13.0. The summed E-state index contributed by atoms with van der Waals surface area (Å²) in [7, 11) is 4.03. The van der Waals surface area contributed by atoms with Crippen LogP contribution in [0.15, 0.2) is 42.7 Å². The van der Waals surface area contributed by atoms with Gasteiger partial charge in [-0.05, 0) is 31.8 Å². The van der Waals surface area contributed by atoms with Crippen LogP contribution >= 0.6 is 0 Å². The van der Waals surface area contributed by atoms with E-state index in [0.29, 0.717) is 0 Å². The van der Waals surface area contributed by atoms with Gasteiger partial charge in [-0.15, -0.1) is 0 Å². The Morgan fingerprint density at radius 1 is 1.12 bits per heavy atom. The molecule has 1 aromatic heterocycles. The standard InChI is InChI=1S/C13H14N3/c1-16(2)12(11-7-4-3-5-8-11)13-14-9-6-10-15-13/h3-7,9-10,12H,1-2H3. The molecular formula is C13H14N3. The van der Waals surface area contributed by atoms with Crippen LogP contribution in [0, 0.1) is 6.07 Å². The summed E-state index contributed by atoms with van der Waals surface area (Å²) in [5.41, 5.74) is 1.08. The summed E-state index contributed by atoms with van der Waals surface area (Å²) in [6.07, 6.45) is 3.53. The Bertz CT molecular complexity index is 386. The Morgan fingerprint density at radius 2 is 1.88 bits per heavy atom. The first-order valence-corrected chi connectivity index (χ1v) is 5.19. The van der Waals surface area contributed by atoms with Crippen molar-refractivity contribution in [3.63, 3.8) is 0 Å². The minimum absolute atomic E-state index is 0.0578. The Balaban J connectivity index is 2.40. The zero-order chi connectivity index (χ0) is 11.4. The average Bonchev–Trinajstić information content (AvgIpc) is 2.31. The largest absolute Gasteiger partial charge is 0.296 e. The maximum atomic E-state index is 4.30. The summed E-state index contributed by atoms with van der Waals surface area (Å²) in [5, 5.41) is 0. The maximum absolute atomic E-state index is 4.30. The van der Waals surface area contributed by atoms with Gasteiger partial charge in [-0.3, -0.25) is 4.90 Å². The summed E-state index contributed by atoms with van der Waals surface area (Å²) in [4.78, 5) is 10.7. The third kappa shape index (κ3) is 2.25. The molecule has 0 bridgehead atoms. The molecular weight excluding hydrogens is 198 g/mol. The fourth-order valence-corrected chi connectivity index (χ4v) is 1.68. The second-order valence-electron chi connectivity index (χ2n) is 3.79. The molecule has 16 heavy (non-hydrogen) atoms. The fourth-order valence-electron chi connectivity index (χ4n) is 1.68. The van der Waals surface area contributed by atoms with Gasteiger partial charge in [0.15, 0.2) is 0 Å². The second-order valence-corrected chi connectivity index (χ2v) is 3.79. The lowest BCUT2D eigenvalue weighted by Gasteiger charge is -2.22. The zero-order valence-electron chi connectivity index (χ0n) is 9.46. The minimum atomic E-state index is 0.0578. The first kappa shape index (κ1) is 10.8. The van der Waals surface area contributed by atoms with Gasteiger partial charge >= 0.3 is 0 Å². The molecule has 0 amide bonds. The molecule has 0 spiro atoms. The molecule has 0 aliphatic rings. The van der Waals surface area contributed by atoms with Crippen LogP contribution in [0.2, 0.25) is 0 Å². The van der Waals surface area contributed by atoms with Crippen LogP contribution in [0.1, 0.15) is 17.4 Å². The second kappa shape index (κ2) is 4.86. The van der Waals surface area contributed by atoms with Crippen molar-refractivity contribution < 1.29 is 0 Å². The van der Waals surface area contributed by atoms with Gasteiger partial charge in [0.2, 0.25) is 0 Å². The SMILES string of the molecule is CN(C)C(c1[c]cccc1)c1ncccn1. The van der Waals surface area contributed by atoms with Crippen molar-refractivity contribution in [1.82, 2.24) is 14.9 Å². The van der Waals surface area contributed by atoms with Crippen LogP contribution in [0.3, 0.4) is 0 Å². The van der Waals surface area contributed by atoms with E-state index in [-0.39, 0.29) is 6.04 Å². The molecule has 1 radical (unpaired) electrons. The minimum Gasteiger partial charge on any atom is -0.296 e. The Hall–Kier alpha value is -1.74. The highest BCUT2D eigenvalue weighted by Crippen LogP contribution is 2.22. The lowest BCUT2D eigenvalue weighted by molar-refractivity contribution is 0.329. The molecule has 2 aromatic rings. The van der Waals surface area contributed by atoms with Gasteiger partial charge in [0.1, 0.15) is 5.82 Å². The molecule has 3 nitrogen and oxygen atoms in total. The molecule has 0 aliphatic heterocycles. The van der Waals surface area contributed by atoms with Crippen LogP contribution in [-0.4, -0.2) is 29.0 Å². The molecule has 1 heterocycles. The average molecular weight is 212 g/mol. The van der Waals surface area contributed by atoms with E-state index in [1.54, 1.807) is 12.4 Å². The van der Waals surface area contributed by atoms with Crippen molar-refractivity contribution in [2.24, 2.45) is 0 Å². The molecule has 0 N–H and O–H groups in total. The number of hydrogen-bond donors (Lipinski definition) is 0.